The SMILES string of the molecule is C=CCOCCOCCCCCOCCOCC(CN)(CN)CN. The number of hydrogen-bond donors (Lipinski definition) is 3. The molecule has 6 N–H and O–H groups in total. The molecule has 0 aromatic carbocycles. The predicted octanol–water partition coefficient (Wildman–Crippen LogP) is 0.272. The third-order valence-corrected chi connectivity index (χ3v) is 3.76. The molecule has 0 heterocycles. The van der Waals surface area contributed by atoms with Gasteiger partial charge in [-0.1, -0.05) is 6.08 Å². The molecule has 144 valence electrons. The Hall–Kier alpha value is -0.540. The fourth-order valence-electron chi connectivity index (χ4n) is 1.91. The Kier molecular flexibility index (Phi) is 16.9. The molecule has 0 aliphatic carbocycles. The Morgan fingerprint density at radius 3 is 1.67 bits per heavy atom. The van der Waals surface area contributed by atoms with Crippen LogP contribution in [-0.4, -0.2) is 72.5 Å². The average molecular weight is 348 g/mol. The number of unbranched alkanes of at least 4 members (excludes halogenated alkanes) is 2. The summed E-state index contributed by atoms with van der Waals surface area (Å²) in [6.07, 6.45) is 4.88. The molecule has 0 bridgehead atoms. The smallest absolute Gasteiger partial charge is 0.0704 e. The van der Waals surface area contributed by atoms with Crippen LogP contribution in [0, 0.1) is 5.41 Å². The first-order valence-electron chi connectivity index (χ1n) is 8.76. The molecule has 0 aliphatic rings. The lowest BCUT2D eigenvalue weighted by Crippen LogP contribution is -2.47. The lowest BCUT2D eigenvalue weighted by Gasteiger charge is -2.28. The lowest BCUT2D eigenvalue weighted by atomic mass is 9.89. The maximum atomic E-state index is 5.70. The maximum absolute atomic E-state index is 5.70. The van der Waals surface area contributed by atoms with Gasteiger partial charge in [-0.2, -0.15) is 0 Å². The van der Waals surface area contributed by atoms with Crippen LogP contribution in [-0.2, 0) is 18.9 Å². The molecular weight excluding hydrogens is 310 g/mol. The molecule has 0 spiro atoms. The second kappa shape index (κ2) is 17.3. The molecule has 0 aromatic rings. The van der Waals surface area contributed by atoms with Crippen molar-refractivity contribution in [2.45, 2.75) is 19.3 Å². The van der Waals surface area contributed by atoms with Crippen molar-refractivity contribution < 1.29 is 18.9 Å². The highest BCUT2D eigenvalue weighted by Gasteiger charge is 2.25. The maximum Gasteiger partial charge on any atom is 0.0704 e. The van der Waals surface area contributed by atoms with Gasteiger partial charge < -0.3 is 36.1 Å². The van der Waals surface area contributed by atoms with E-state index in [4.69, 9.17) is 36.1 Å². The first-order chi connectivity index (χ1) is 11.7. The Labute approximate surface area is 146 Å². The van der Waals surface area contributed by atoms with E-state index in [9.17, 15) is 0 Å². The zero-order chi connectivity index (χ0) is 17.9. The second-order valence-corrected chi connectivity index (χ2v) is 5.81. The Balaban J connectivity index is 3.24. The Morgan fingerprint density at radius 2 is 1.17 bits per heavy atom. The van der Waals surface area contributed by atoms with E-state index in [1.54, 1.807) is 6.08 Å². The molecule has 0 amide bonds. The lowest BCUT2D eigenvalue weighted by molar-refractivity contribution is 0.0106. The van der Waals surface area contributed by atoms with Crippen LogP contribution in [0.5, 0.6) is 0 Å². The van der Waals surface area contributed by atoms with E-state index in [0.717, 1.165) is 32.5 Å². The van der Waals surface area contributed by atoms with Gasteiger partial charge in [-0.25, -0.2) is 0 Å². The van der Waals surface area contributed by atoms with Crippen molar-refractivity contribution in [3.05, 3.63) is 12.7 Å². The van der Waals surface area contributed by atoms with Gasteiger partial charge in [-0.15, -0.1) is 6.58 Å². The van der Waals surface area contributed by atoms with Crippen LogP contribution in [0.15, 0.2) is 12.7 Å². The van der Waals surface area contributed by atoms with Gasteiger partial charge in [0.15, 0.2) is 0 Å². The minimum atomic E-state index is -0.309. The summed E-state index contributed by atoms with van der Waals surface area (Å²) in [5, 5.41) is 0. The van der Waals surface area contributed by atoms with Gasteiger partial charge in [0, 0.05) is 38.3 Å². The fraction of sp³-hybridized carbons (Fsp3) is 0.882. The number of nitrogens with two attached hydrogens (primary N) is 3. The molecule has 0 rings (SSSR count). The van der Waals surface area contributed by atoms with Crippen molar-refractivity contribution in [2.24, 2.45) is 22.6 Å². The van der Waals surface area contributed by atoms with Crippen molar-refractivity contribution >= 4 is 0 Å². The first kappa shape index (κ1) is 23.5. The summed E-state index contributed by atoms with van der Waals surface area (Å²) in [5.74, 6) is 0. The first-order valence-corrected chi connectivity index (χ1v) is 8.76. The second-order valence-electron chi connectivity index (χ2n) is 5.81. The molecule has 7 heteroatoms. The summed E-state index contributed by atoms with van der Waals surface area (Å²) in [6.45, 7) is 9.81. The summed E-state index contributed by atoms with van der Waals surface area (Å²) in [5.41, 5.74) is 16.8. The number of rotatable bonds is 19. The van der Waals surface area contributed by atoms with Gasteiger partial charge in [0.25, 0.3) is 0 Å². The van der Waals surface area contributed by atoms with E-state index < -0.39 is 0 Å². The quantitative estimate of drug-likeness (QED) is 0.227. The van der Waals surface area contributed by atoms with E-state index in [2.05, 4.69) is 6.58 Å². The summed E-state index contributed by atoms with van der Waals surface area (Å²) in [4.78, 5) is 0. The van der Waals surface area contributed by atoms with Gasteiger partial charge in [0.05, 0.1) is 39.6 Å². The zero-order valence-electron chi connectivity index (χ0n) is 15.0. The molecular formula is C17H37N3O4. The number of ether oxygens (including phenoxy) is 4. The Morgan fingerprint density at radius 1 is 0.667 bits per heavy atom. The highest BCUT2D eigenvalue weighted by Crippen LogP contribution is 2.11. The van der Waals surface area contributed by atoms with Crippen LogP contribution in [0.25, 0.3) is 0 Å². The third kappa shape index (κ3) is 12.8. The molecule has 0 aromatic heterocycles. The van der Waals surface area contributed by atoms with Gasteiger partial charge in [0.1, 0.15) is 0 Å². The van der Waals surface area contributed by atoms with Gasteiger partial charge in [-0.05, 0) is 19.3 Å². The van der Waals surface area contributed by atoms with Crippen molar-refractivity contribution in [1.82, 2.24) is 0 Å². The van der Waals surface area contributed by atoms with E-state index in [0.29, 0.717) is 59.3 Å². The van der Waals surface area contributed by atoms with Crippen molar-refractivity contribution in [3.63, 3.8) is 0 Å². The number of hydrogen-bond acceptors (Lipinski definition) is 7. The van der Waals surface area contributed by atoms with E-state index in [-0.39, 0.29) is 5.41 Å². The van der Waals surface area contributed by atoms with E-state index in [1.165, 1.54) is 0 Å². The van der Waals surface area contributed by atoms with Gasteiger partial charge in [0.2, 0.25) is 0 Å². The van der Waals surface area contributed by atoms with E-state index in [1.807, 2.05) is 0 Å². The van der Waals surface area contributed by atoms with Crippen molar-refractivity contribution in [3.8, 4) is 0 Å². The average Bonchev–Trinajstić information content (AvgIpc) is 2.62. The molecule has 0 unspecified atom stereocenters. The normalized spacial score (nSPS) is 11.8. The summed E-state index contributed by atoms with van der Waals surface area (Å²) in [6, 6.07) is 0. The molecule has 0 aliphatic heterocycles. The molecule has 0 radical (unpaired) electrons. The topological polar surface area (TPSA) is 115 Å². The van der Waals surface area contributed by atoms with Crippen molar-refractivity contribution in [2.75, 3.05) is 72.5 Å². The zero-order valence-corrected chi connectivity index (χ0v) is 15.0. The highest BCUT2D eigenvalue weighted by atomic mass is 16.5. The third-order valence-electron chi connectivity index (χ3n) is 3.76. The molecule has 0 atom stereocenters. The van der Waals surface area contributed by atoms with Crippen LogP contribution in [0.3, 0.4) is 0 Å². The molecule has 0 saturated carbocycles. The summed E-state index contributed by atoms with van der Waals surface area (Å²) < 4.78 is 21.8. The molecule has 0 fully saturated rings. The standard InChI is InChI=1S/C17H37N3O4/c1-2-6-21-9-10-22-7-4-3-5-8-23-11-12-24-16-17(13-18,14-19)15-20/h2H,1,3-16,18-20H2. The largest absolute Gasteiger partial charge is 0.379 e. The molecule has 7 nitrogen and oxygen atoms in total. The van der Waals surface area contributed by atoms with E-state index >= 15 is 0 Å². The monoisotopic (exact) mass is 347 g/mol. The van der Waals surface area contributed by atoms with Crippen molar-refractivity contribution in [1.29, 1.82) is 0 Å². The van der Waals surface area contributed by atoms with Gasteiger partial charge in [-0.3, -0.25) is 0 Å². The summed E-state index contributed by atoms with van der Waals surface area (Å²) >= 11 is 0. The fourth-order valence-corrected chi connectivity index (χ4v) is 1.91. The summed E-state index contributed by atoms with van der Waals surface area (Å²) in [7, 11) is 0. The minimum absolute atomic E-state index is 0.309. The Bertz CT molecular complexity index is 268. The van der Waals surface area contributed by atoms with Crippen LogP contribution in [0.4, 0.5) is 0 Å². The minimum Gasteiger partial charge on any atom is -0.379 e. The molecule has 0 saturated heterocycles. The van der Waals surface area contributed by atoms with Crippen LogP contribution in [0.2, 0.25) is 0 Å². The highest BCUT2D eigenvalue weighted by molar-refractivity contribution is 4.82. The van der Waals surface area contributed by atoms with Gasteiger partial charge >= 0.3 is 0 Å². The van der Waals surface area contributed by atoms with Crippen LogP contribution in [0.1, 0.15) is 19.3 Å². The van der Waals surface area contributed by atoms with Crippen LogP contribution >= 0.6 is 0 Å². The molecule has 24 heavy (non-hydrogen) atoms. The van der Waals surface area contributed by atoms with Crippen LogP contribution < -0.4 is 17.2 Å². The predicted molar refractivity (Wildman–Crippen MR) is 96.9 cm³/mol.